The SMILES string of the molecule is CS(=O)(=O)NCCCNC(=O)c1nc[nH]c1C(=O)O. The number of carboxylic acids is 1. The Labute approximate surface area is 109 Å². The number of hydrogen-bond acceptors (Lipinski definition) is 5. The quantitative estimate of drug-likeness (QED) is 0.464. The van der Waals surface area contributed by atoms with Crippen molar-refractivity contribution in [1.29, 1.82) is 0 Å². The van der Waals surface area contributed by atoms with Gasteiger partial charge in [0, 0.05) is 13.1 Å². The van der Waals surface area contributed by atoms with Crippen molar-refractivity contribution in [3.05, 3.63) is 17.7 Å². The molecule has 106 valence electrons. The number of carboxylic acid groups (broad SMARTS) is 1. The lowest BCUT2D eigenvalue weighted by Gasteiger charge is -2.04. The highest BCUT2D eigenvalue weighted by molar-refractivity contribution is 7.88. The molecule has 1 amide bonds. The highest BCUT2D eigenvalue weighted by atomic mass is 32.2. The Bertz CT molecular complexity index is 565. The molecule has 0 fully saturated rings. The van der Waals surface area contributed by atoms with E-state index in [-0.39, 0.29) is 24.5 Å². The van der Waals surface area contributed by atoms with Gasteiger partial charge in [0.2, 0.25) is 10.0 Å². The lowest BCUT2D eigenvalue weighted by molar-refractivity contribution is 0.0685. The van der Waals surface area contributed by atoms with Crippen molar-refractivity contribution in [2.45, 2.75) is 6.42 Å². The number of carbonyl (C=O) groups excluding carboxylic acids is 1. The first-order chi connectivity index (χ1) is 8.81. The van der Waals surface area contributed by atoms with Crippen LogP contribution in [0.25, 0.3) is 0 Å². The van der Waals surface area contributed by atoms with Crippen LogP contribution in [0.1, 0.15) is 27.4 Å². The van der Waals surface area contributed by atoms with E-state index in [9.17, 15) is 18.0 Å². The lowest BCUT2D eigenvalue weighted by Crippen LogP contribution is -2.30. The molecular weight excluding hydrogens is 276 g/mol. The first kappa shape index (κ1) is 15.1. The number of nitrogens with zero attached hydrogens (tertiary/aromatic N) is 1. The molecule has 1 heterocycles. The smallest absolute Gasteiger partial charge is 0.354 e. The van der Waals surface area contributed by atoms with E-state index >= 15 is 0 Å². The van der Waals surface area contributed by atoms with Crippen molar-refractivity contribution in [2.75, 3.05) is 19.3 Å². The Kier molecular flexibility index (Phi) is 5.01. The van der Waals surface area contributed by atoms with Crippen molar-refractivity contribution in [3.8, 4) is 0 Å². The normalized spacial score (nSPS) is 11.2. The predicted octanol–water partition coefficient (Wildman–Crippen LogP) is -1.22. The molecule has 0 aliphatic heterocycles. The Hall–Kier alpha value is -1.94. The standard InChI is InChI=1S/C9H14N4O5S/c1-19(17,18)13-4-2-3-10-8(14)6-7(9(15)16)12-5-11-6/h5,13H,2-4H2,1H3,(H,10,14)(H,11,12)(H,15,16). The average molecular weight is 290 g/mol. The third-order valence-electron chi connectivity index (χ3n) is 2.07. The number of aromatic amines is 1. The molecule has 0 bridgehead atoms. The minimum Gasteiger partial charge on any atom is -0.477 e. The largest absolute Gasteiger partial charge is 0.477 e. The third kappa shape index (κ3) is 5.06. The maximum atomic E-state index is 11.6. The van der Waals surface area contributed by atoms with Gasteiger partial charge in [-0.05, 0) is 6.42 Å². The van der Waals surface area contributed by atoms with Crippen molar-refractivity contribution in [1.82, 2.24) is 20.0 Å². The van der Waals surface area contributed by atoms with E-state index in [1.165, 1.54) is 0 Å². The van der Waals surface area contributed by atoms with E-state index in [0.717, 1.165) is 12.6 Å². The molecule has 0 saturated heterocycles. The second-order valence-corrected chi connectivity index (χ2v) is 5.54. The van der Waals surface area contributed by atoms with Gasteiger partial charge in [0.15, 0.2) is 11.4 Å². The number of amides is 1. The zero-order valence-electron chi connectivity index (χ0n) is 10.1. The Morgan fingerprint density at radius 2 is 2.11 bits per heavy atom. The van der Waals surface area contributed by atoms with Crippen LogP contribution in [0.2, 0.25) is 0 Å². The molecule has 1 aromatic heterocycles. The molecule has 0 spiro atoms. The molecule has 0 aliphatic rings. The Morgan fingerprint density at radius 1 is 1.42 bits per heavy atom. The summed E-state index contributed by atoms with van der Waals surface area (Å²) in [4.78, 5) is 28.3. The van der Waals surface area contributed by atoms with Crippen LogP contribution >= 0.6 is 0 Å². The van der Waals surface area contributed by atoms with Gasteiger partial charge in [-0.15, -0.1) is 0 Å². The summed E-state index contributed by atoms with van der Waals surface area (Å²) in [6.45, 7) is 0.388. The molecule has 1 rings (SSSR count). The maximum absolute atomic E-state index is 11.6. The van der Waals surface area contributed by atoms with Gasteiger partial charge in [-0.1, -0.05) is 0 Å². The van der Waals surface area contributed by atoms with Crippen LogP contribution in [-0.4, -0.2) is 54.7 Å². The van der Waals surface area contributed by atoms with Crippen LogP contribution in [0.4, 0.5) is 0 Å². The highest BCUT2D eigenvalue weighted by Gasteiger charge is 2.18. The molecule has 9 nitrogen and oxygen atoms in total. The topological polar surface area (TPSA) is 141 Å². The van der Waals surface area contributed by atoms with Gasteiger partial charge in [0.05, 0.1) is 12.6 Å². The molecule has 0 atom stereocenters. The first-order valence-electron chi connectivity index (χ1n) is 5.31. The summed E-state index contributed by atoms with van der Waals surface area (Å²) >= 11 is 0. The number of carbonyl (C=O) groups is 2. The van der Waals surface area contributed by atoms with Gasteiger partial charge in [0.25, 0.3) is 5.91 Å². The summed E-state index contributed by atoms with van der Waals surface area (Å²) in [5.41, 5.74) is -0.490. The summed E-state index contributed by atoms with van der Waals surface area (Å²) in [5.74, 6) is -1.90. The van der Waals surface area contributed by atoms with E-state index in [1.807, 2.05) is 0 Å². The second-order valence-electron chi connectivity index (χ2n) is 3.71. The zero-order valence-corrected chi connectivity index (χ0v) is 11.0. The van der Waals surface area contributed by atoms with Crippen LogP contribution in [-0.2, 0) is 10.0 Å². The number of aromatic nitrogens is 2. The number of rotatable bonds is 7. The van der Waals surface area contributed by atoms with Gasteiger partial charge in [-0.2, -0.15) is 0 Å². The monoisotopic (exact) mass is 290 g/mol. The van der Waals surface area contributed by atoms with Crippen molar-refractivity contribution in [2.24, 2.45) is 0 Å². The summed E-state index contributed by atoms with van der Waals surface area (Å²) in [6, 6.07) is 0. The summed E-state index contributed by atoms with van der Waals surface area (Å²) in [5, 5.41) is 11.2. The highest BCUT2D eigenvalue weighted by Crippen LogP contribution is 2.02. The molecule has 0 saturated carbocycles. The van der Waals surface area contributed by atoms with Gasteiger partial charge >= 0.3 is 5.97 Å². The van der Waals surface area contributed by atoms with Crippen LogP contribution in [0.15, 0.2) is 6.33 Å². The molecule has 1 aromatic rings. The summed E-state index contributed by atoms with van der Waals surface area (Å²) in [6.07, 6.45) is 2.53. The van der Waals surface area contributed by atoms with Gasteiger partial charge < -0.3 is 15.4 Å². The molecule has 0 radical (unpaired) electrons. The molecule has 4 N–H and O–H groups in total. The molecule has 0 unspecified atom stereocenters. The average Bonchev–Trinajstić information content (AvgIpc) is 2.75. The third-order valence-corrected chi connectivity index (χ3v) is 2.80. The first-order valence-corrected chi connectivity index (χ1v) is 7.20. The predicted molar refractivity (Wildman–Crippen MR) is 65.3 cm³/mol. The van der Waals surface area contributed by atoms with Crippen LogP contribution < -0.4 is 10.0 Å². The Balaban J connectivity index is 2.40. The number of nitrogens with one attached hydrogen (secondary N) is 3. The van der Waals surface area contributed by atoms with Crippen LogP contribution in [0.5, 0.6) is 0 Å². The lowest BCUT2D eigenvalue weighted by atomic mass is 10.3. The molecular formula is C9H14N4O5S. The van der Waals surface area contributed by atoms with Crippen LogP contribution in [0, 0.1) is 0 Å². The van der Waals surface area contributed by atoms with Gasteiger partial charge in [-0.3, -0.25) is 4.79 Å². The molecule has 0 aliphatic carbocycles. The van der Waals surface area contributed by atoms with E-state index in [4.69, 9.17) is 5.11 Å². The fraction of sp³-hybridized carbons (Fsp3) is 0.444. The van der Waals surface area contributed by atoms with E-state index in [1.54, 1.807) is 0 Å². The number of sulfonamides is 1. The van der Waals surface area contributed by atoms with Crippen molar-refractivity contribution >= 4 is 21.9 Å². The summed E-state index contributed by atoms with van der Waals surface area (Å²) in [7, 11) is -3.24. The van der Waals surface area contributed by atoms with Gasteiger partial charge in [-0.25, -0.2) is 22.9 Å². The number of hydrogen-bond donors (Lipinski definition) is 4. The van der Waals surface area contributed by atoms with Crippen molar-refractivity contribution in [3.63, 3.8) is 0 Å². The zero-order chi connectivity index (χ0) is 14.5. The molecule has 19 heavy (non-hydrogen) atoms. The number of imidazole rings is 1. The van der Waals surface area contributed by atoms with E-state index < -0.39 is 21.9 Å². The van der Waals surface area contributed by atoms with Crippen LogP contribution in [0.3, 0.4) is 0 Å². The van der Waals surface area contributed by atoms with E-state index in [0.29, 0.717) is 6.42 Å². The minimum atomic E-state index is -3.24. The number of H-pyrrole nitrogens is 1. The second kappa shape index (κ2) is 6.29. The summed E-state index contributed by atoms with van der Waals surface area (Å²) < 4.78 is 23.8. The molecule has 0 aromatic carbocycles. The van der Waals surface area contributed by atoms with E-state index in [2.05, 4.69) is 20.0 Å². The fourth-order valence-electron chi connectivity index (χ4n) is 1.26. The Morgan fingerprint density at radius 3 is 2.68 bits per heavy atom. The number of aromatic carboxylic acids is 1. The van der Waals surface area contributed by atoms with Gasteiger partial charge in [0.1, 0.15) is 0 Å². The fourth-order valence-corrected chi connectivity index (χ4v) is 1.78. The minimum absolute atomic E-state index is 0.186. The maximum Gasteiger partial charge on any atom is 0.354 e. The molecule has 10 heteroatoms. The van der Waals surface area contributed by atoms with Crippen molar-refractivity contribution < 1.29 is 23.1 Å².